The van der Waals surface area contributed by atoms with Crippen molar-refractivity contribution in [3.63, 3.8) is 0 Å². The number of thiazole rings is 1. The third kappa shape index (κ3) is 4.81. The van der Waals surface area contributed by atoms with Gasteiger partial charge in [0.2, 0.25) is 12.4 Å². The zero-order valence-electron chi connectivity index (χ0n) is 19.3. The van der Waals surface area contributed by atoms with E-state index in [2.05, 4.69) is 25.6 Å². The van der Waals surface area contributed by atoms with Crippen molar-refractivity contribution < 1.29 is 23.7 Å². The Balaban J connectivity index is 1.75. The highest BCUT2D eigenvalue weighted by Crippen LogP contribution is 2.39. The van der Waals surface area contributed by atoms with E-state index in [9.17, 15) is 19.0 Å². The molecule has 0 aliphatic heterocycles. The second kappa shape index (κ2) is 9.98. The minimum atomic E-state index is -2.74. The SMILES string of the molecule is CO[C@@H](C)CNc1nc(C)c(-c2nc3c(C)nccc3s2)c(N[C@@H]2C[C@H](C(F)F)[C@@H](O)[C@H]2O)n1. The Kier molecular flexibility index (Phi) is 7.22. The third-order valence-corrected chi connectivity index (χ3v) is 7.15. The summed E-state index contributed by atoms with van der Waals surface area (Å²) in [6, 6.07) is 1.06. The summed E-state index contributed by atoms with van der Waals surface area (Å²) < 4.78 is 32.9. The lowest BCUT2D eigenvalue weighted by Gasteiger charge is -2.21. The second-order valence-electron chi connectivity index (χ2n) is 8.51. The maximum Gasteiger partial charge on any atom is 0.244 e. The Morgan fingerprint density at radius 3 is 2.59 bits per heavy atom. The fraction of sp³-hybridized carbons (Fsp3) is 0.545. The van der Waals surface area contributed by atoms with Gasteiger partial charge in [-0.1, -0.05) is 0 Å². The van der Waals surface area contributed by atoms with Gasteiger partial charge in [0.1, 0.15) is 22.4 Å². The first-order chi connectivity index (χ1) is 16.2. The molecule has 1 fully saturated rings. The number of rotatable bonds is 8. The van der Waals surface area contributed by atoms with Crippen LogP contribution < -0.4 is 10.6 Å². The standard InChI is InChI=1S/C22H28F2N6O3S/c1-9(33-4)8-26-22-27-10(2)15(21-29-16-11(3)25-6-5-14(16)34-21)20(30-22)28-13-7-12(19(23)24)17(31)18(13)32/h5-6,9,12-13,17-19,31-32H,7-8H2,1-4H3,(H2,26,27,28,30)/t9-,12-,13+,17+,18-/m0/s1. The van der Waals surface area contributed by atoms with Crippen molar-refractivity contribution in [1.29, 1.82) is 0 Å². The maximum atomic E-state index is 13.4. The first-order valence-corrected chi connectivity index (χ1v) is 11.8. The normalized spacial score (nSPS) is 23.6. The number of methoxy groups -OCH3 is 1. The van der Waals surface area contributed by atoms with Crippen LogP contribution in [0.3, 0.4) is 0 Å². The molecule has 0 radical (unpaired) electrons. The Bertz CT molecular complexity index is 1160. The van der Waals surface area contributed by atoms with Crippen molar-refractivity contribution >= 4 is 33.3 Å². The molecule has 1 saturated carbocycles. The van der Waals surface area contributed by atoms with E-state index >= 15 is 0 Å². The van der Waals surface area contributed by atoms with Gasteiger partial charge < -0.3 is 25.6 Å². The van der Waals surface area contributed by atoms with E-state index in [1.807, 2.05) is 26.8 Å². The average molecular weight is 495 g/mol. The summed E-state index contributed by atoms with van der Waals surface area (Å²) in [5.41, 5.74) is 2.77. The number of aromatic nitrogens is 4. The number of halogens is 2. The van der Waals surface area contributed by atoms with E-state index in [1.165, 1.54) is 11.3 Å². The molecule has 3 heterocycles. The highest BCUT2D eigenvalue weighted by atomic mass is 32.1. The van der Waals surface area contributed by atoms with Gasteiger partial charge in [-0.15, -0.1) is 11.3 Å². The van der Waals surface area contributed by atoms with Crippen molar-refractivity contribution in [3.8, 4) is 10.6 Å². The third-order valence-electron chi connectivity index (χ3n) is 6.12. The van der Waals surface area contributed by atoms with E-state index in [0.717, 1.165) is 15.9 Å². The molecule has 0 aromatic carbocycles. The summed E-state index contributed by atoms with van der Waals surface area (Å²) in [7, 11) is 1.60. The van der Waals surface area contributed by atoms with Gasteiger partial charge in [0.25, 0.3) is 0 Å². The van der Waals surface area contributed by atoms with Crippen LogP contribution >= 0.6 is 11.3 Å². The topological polar surface area (TPSA) is 125 Å². The van der Waals surface area contributed by atoms with Crippen LogP contribution in [0.25, 0.3) is 20.8 Å². The lowest BCUT2D eigenvalue weighted by molar-refractivity contribution is -0.0333. The first-order valence-electron chi connectivity index (χ1n) is 11.0. The molecule has 3 aromatic heterocycles. The number of nitrogens with zero attached hydrogens (tertiary/aromatic N) is 4. The smallest absolute Gasteiger partial charge is 0.244 e. The van der Waals surface area contributed by atoms with Gasteiger partial charge in [-0.05, 0) is 33.3 Å². The number of fused-ring (bicyclic) bond motifs is 1. The fourth-order valence-electron chi connectivity index (χ4n) is 4.05. The Labute approximate surface area is 199 Å². The summed E-state index contributed by atoms with van der Waals surface area (Å²) in [6.45, 7) is 6.04. The number of hydrogen-bond donors (Lipinski definition) is 4. The number of pyridine rings is 1. The van der Waals surface area contributed by atoms with Gasteiger partial charge in [-0.3, -0.25) is 4.98 Å². The molecule has 4 N–H and O–H groups in total. The van der Waals surface area contributed by atoms with Crippen LogP contribution in [0.5, 0.6) is 0 Å². The highest BCUT2D eigenvalue weighted by molar-refractivity contribution is 7.21. The lowest BCUT2D eigenvalue weighted by Crippen LogP contribution is -2.36. The van der Waals surface area contributed by atoms with Crippen molar-refractivity contribution in [3.05, 3.63) is 23.7 Å². The minimum Gasteiger partial charge on any atom is -0.390 e. The molecule has 0 spiro atoms. The highest BCUT2D eigenvalue weighted by Gasteiger charge is 2.46. The van der Waals surface area contributed by atoms with Crippen molar-refractivity contribution in [2.24, 2.45) is 5.92 Å². The molecule has 0 saturated heterocycles. The summed E-state index contributed by atoms with van der Waals surface area (Å²) in [5.74, 6) is -0.656. The first kappa shape index (κ1) is 24.6. The molecule has 1 aliphatic rings. The van der Waals surface area contributed by atoms with Crippen LogP contribution in [0.15, 0.2) is 12.3 Å². The van der Waals surface area contributed by atoms with E-state index in [0.29, 0.717) is 34.6 Å². The van der Waals surface area contributed by atoms with Crippen LogP contribution in [0, 0.1) is 19.8 Å². The van der Waals surface area contributed by atoms with Crippen LogP contribution in [0.4, 0.5) is 20.5 Å². The zero-order chi connectivity index (χ0) is 24.6. The predicted molar refractivity (Wildman–Crippen MR) is 126 cm³/mol. The van der Waals surface area contributed by atoms with Gasteiger partial charge in [-0.2, -0.15) is 4.98 Å². The number of anilines is 2. The zero-order valence-corrected chi connectivity index (χ0v) is 20.1. The maximum absolute atomic E-state index is 13.4. The summed E-state index contributed by atoms with van der Waals surface area (Å²) in [6.07, 6.45) is -4.11. The van der Waals surface area contributed by atoms with Gasteiger partial charge in [0.15, 0.2) is 0 Å². The molecule has 0 amide bonds. The number of ether oxygens (including phenoxy) is 1. The van der Waals surface area contributed by atoms with Gasteiger partial charge >= 0.3 is 0 Å². The molecule has 0 bridgehead atoms. The van der Waals surface area contributed by atoms with E-state index in [4.69, 9.17) is 9.72 Å². The number of hydrogen-bond acceptors (Lipinski definition) is 10. The fourth-order valence-corrected chi connectivity index (χ4v) is 5.17. The molecule has 3 aromatic rings. The van der Waals surface area contributed by atoms with Gasteiger partial charge in [-0.25, -0.2) is 18.7 Å². The monoisotopic (exact) mass is 494 g/mol. The Hall–Kier alpha value is -2.54. The van der Waals surface area contributed by atoms with Crippen LogP contribution in [0.2, 0.25) is 0 Å². The Morgan fingerprint density at radius 2 is 1.94 bits per heavy atom. The minimum absolute atomic E-state index is 0.0849. The molecular formula is C22H28F2N6O3S. The number of alkyl halides is 2. The molecule has 5 atom stereocenters. The quantitative estimate of drug-likeness (QED) is 0.374. The Morgan fingerprint density at radius 1 is 1.18 bits per heavy atom. The van der Waals surface area contributed by atoms with Crippen LogP contribution in [0.1, 0.15) is 24.7 Å². The molecule has 0 unspecified atom stereocenters. The molecule has 9 nitrogen and oxygen atoms in total. The summed E-state index contributed by atoms with van der Waals surface area (Å²) >= 11 is 1.44. The number of aliphatic hydroxyl groups is 2. The second-order valence-corrected chi connectivity index (χ2v) is 9.54. The van der Waals surface area contributed by atoms with E-state index in [1.54, 1.807) is 13.3 Å². The molecule has 12 heteroatoms. The van der Waals surface area contributed by atoms with Crippen molar-refractivity contribution in [2.75, 3.05) is 24.3 Å². The van der Waals surface area contributed by atoms with Crippen LogP contribution in [-0.2, 0) is 4.74 Å². The summed E-state index contributed by atoms with van der Waals surface area (Å²) in [5, 5.41) is 27.4. The lowest BCUT2D eigenvalue weighted by atomic mass is 10.1. The van der Waals surface area contributed by atoms with Crippen molar-refractivity contribution in [2.45, 2.75) is 58.0 Å². The average Bonchev–Trinajstić information content (AvgIpc) is 3.34. The molecular weight excluding hydrogens is 466 g/mol. The molecule has 1 aliphatic carbocycles. The van der Waals surface area contributed by atoms with E-state index < -0.39 is 30.6 Å². The van der Waals surface area contributed by atoms with E-state index in [-0.39, 0.29) is 12.5 Å². The number of aryl methyl sites for hydroxylation is 2. The molecule has 34 heavy (non-hydrogen) atoms. The predicted octanol–water partition coefficient (Wildman–Crippen LogP) is 3.00. The summed E-state index contributed by atoms with van der Waals surface area (Å²) in [4.78, 5) is 18.2. The molecule has 4 rings (SSSR count). The van der Waals surface area contributed by atoms with Crippen molar-refractivity contribution in [1.82, 2.24) is 19.9 Å². The van der Waals surface area contributed by atoms with Crippen LogP contribution in [-0.4, -0.2) is 74.6 Å². The van der Waals surface area contributed by atoms with Gasteiger partial charge in [0.05, 0.1) is 45.8 Å². The largest absolute Gasteiger partial charge is 0.390 e. The molecule has 184 valence electrons. The van der Waals surface area contributed by atoms with Gasteiger partial charge in [0, 0.05) is 19.9 Å². The number of aliphatic hydroxyl groups excluding tert-OH is 2. The number of nitrogens with one attached hydrogen (secondary N) is 2.